The number of piperidine rings is 1. The van der Waals surface area contributed by atoms with Crippen molar-refractivity contribution in [2.24, 2.45) is 5.41 Å². The van der Waals surface area contributed by atoms with Crippen LogP contribution in [0.15, 0.2) is 24.3 Å². The van der Waals surface area contributed by atoms with Crippen LogP contribution in [0.2, 0.25) is 0 Å². The molecule has 0 radical (unpaired) electrons. The van der Waals surface area contributed by atoms with Crippen LogP contribution in [0.1, 0.15) is 26.7 Å². The van der Waals surface area contributed by atoms with E-state index >= 15 is 0 Å². The van der Waals surface area contributed by atoms with Crippen molar-refractivity contribution in [3.05, 3.63) is 24.3 Å². The molecule has 0 saturated carbocycles. The van der Waals surface area contributed by atoms with Crippen LogP contribution in [0.25, 0.3) is 0 Å². The average Bonchev–Trinajstić information content (AvgIpc) is 2.17. The van der Waals surface area contributed by atoms with E-state index in [4.69, 9.17) is 5.73 Å². The fourth-order valence-corrected chi connectivity index (χ4v) is 2.14. The summed E-state index contributed by atoms with van der Waals surface area (Å²) in [5.41, 5.74) is 6.49. The molecule has 2 N–H and O–H groups in total. The maximum absolute atomic E-state index is 12.0. The fourth-order valence-electron chi connectivity index (χ4n) is 2.14. The Bertz CT molecular complexity index is 460. The Balaban J connectivity index is 2.38. The summed E-state index contributed by atoms with van der Waals surface area (Å²) in [5, 5.41) is 0. The molecule has 2 rings (SSSR count). The van der Waals surface area contributed by atoms with Crippen molar-refractivity contribution >= 4 is 23.2 Å². The van der Waals surface area contributed by atoms with Crippen molar-refractivity contribution in [2.45, 2.75) is 26.7 Å². The summed E-state index contributed by atoms with van der Waals surface area (Å²) in [6.07, 6.45) is 0.736. The lowest BCUT2D eigenvalue weighted by Crippen LogP contribution is -2.46. The fraction of sp³-hybridized carbons (Fsp3) is 0.385. The van der Waals surface area contributed by atoms with Gasteiger partial charge in [-0.2, -0.15) is 0 Å². The molecule has 0 unspecified atom stereocenters. The third-order valence-electron chi connectivity index (χ3n) is 2.94. The lowest BCUT2D eigenvalue weighted by molar-refractivity contribution is -0.132. The number of nitrogen functional groups attached to an aromatic ring is 1. The monoisotopic (exact) mass is 232 g/mol. The molecule has 0 atom stereocenters. The van der Waals surface area contributed by atoms with Crippen molar-refractivity contribution in [2.75, 3.05) is 10.6 Å². The second-order valence-electron chi connectivity index (χ2n) is 5.20. The molecular formula is C13H16N2O2. The molecule has 4 heteroatoms. The van der Waals surface area contributed by atoms with Crippen molar-refractivity contribution in [3.8, 4) is 0 Å². The summed E-state index contributed by atoms with van der Waals surface area (Å²) in [4.78, 5) is 25.3. The number of nitrogens with zero attached hydrogens (tertiary/aromatic N) is 1. The van der Waals surface area contributed by atoms with Crippen LogP contribution in [0.5, 0.6) is 0 Å². The van der Waals surface area contributed by atoms with Gasteiger partial charge >= 0.3 is 0 Å². The van der Waals surface area contributed by atoms with Crippen molar-refractivity contribution in [1.82, 2.24) is 0 Å². The maximum atomic E-state index is 12.0. The molecule has 17 heavy (non-hydrogen) atoms. The van der Waals surface area contributed by atoms with Gasteiger partial charge in [-0.1, -0.05) is 26.0 Å². The third kappa shape index (κ3) is 2.16. The molecule has 0 spiro atoms. The highest BCUT2D eigenvalue weighted by Gasteiger charge is 2.38. The zero-order chi connectivity index (χ0) is 12.6. The van der Waals surface area contributed by atoms with E-state index in [0.717, 1.165) is 0 Å². The summed E-state index contributed by atoms with van der Waals surface area (Å²) in [6, 6.07) is 6.94. The van der Waals surface area contributed by atoms with Crippen LogP contribution in [-0.4, -0.2) is 11.8 Å². The van der Waals surface area contributed by atoms with E-state index in [0.29, 0.717) is 24.2 Å². The van der Waals surface area contributed by atoms with Gasteiger partial charge in [0.1, 0.15) is 0 Å². The largest absolute Gasteiger partial charge is 0.397 e. The Morgan fingerprint density at radius 2 is 1.65 bits per heavy atom. The quantitative estimate of drug-likeness (QED) is 0.594. The Labute approximate surface area is 100 Å². The van der Waals surface area contributed by atoms with Crippen LogP contribution >= 0.6 is 0 Å². The number of amides is 2. The van der Waals surface area contributed by atoms with Crippen LogP contribution < -0.4 is 10.6 Å². The normalized spacial score (nSPS) is 19.5. The molecule has 1 aromatic carbocycles. The number of imide groups is 1. The first-order valence-corrected chi connectivity index (χ1v) is 5.61. The molecule has 1 aromatic rings. The van der Waals surface area contributed by atoms with E-state index in [1.807, 2.05) is 13.8 Å². The van der Waals surface area contributed by atoms with Crippen LogP contribution in [0.3, 0.4) is 0 Å². The minimum absolute atomic E-state index is 0.177. The van der Waals surface area contributed by atoms with E-state index in [-0.39, 0.29) is 17.2 Å². The molecule has 0 bridgehead atoms. The highest BCUT2D eigenvalue weighted by molar-refractivity contribution is 6.18. The van der Waals surface area contributed by atoms with Gasteiger partial charge in [0.25, 0.3) is 0 Å². The van der Waals surface area contributed by atoms with Crippen molar-refractivity contribution < 1.29 is 9.59 Å². The third-order valence-corrected chi connectivity index (χ3v) is 2.94. The molecule has 1 saturated heterocycles. The number of rotatable bonds is 1. The van der Waals surface area contributed by atoms with Crippen molar-refractivity contribution in [1.29, 1.82) is 0 Å². The predicted octanol–water partition coefficient (Wildman–Crippen LogP) is 1.95. The smallest absolute Gasteiger partial charge is 0.234 e. The van der Waals surface area contributed by atoms with Gasteiger partial charge in [-0.05, 0) is 17.5 Å². The molecule has 1 aliphatic heterocycles. The lowest BCUT2D eigenvalue weighted by atomic mass is 9.81. The van der Waals surface area contributed by atoms with Crippen LogP contribution in [0, 0.1) is 5.41 Å². The molecule has 2 amide bonds. The van der Waals surface area contributed by atoms with Gasteiger partial charge in [0.05, 0.1) is 11.4 Å². The molecule has 4 nitrogen and oxygen atoms in total. The lowest BCUT2D eigenvalue weighted by Gasteiger charge is -2.35. The van der Waals surface area contributed by atoms with E-state index in [1.165, 1.54) is 4.90 Å². The maximum Gasteiger partial charge on any atom is 0.234 e. The molecule has 1 heterocycles. The molecule has 1 fully saturated rings. The molecule has 0 aliphatic carbocycles. The minimum atomic E-state index is -0.256. The van der Waals surface area contributed by atoms with Gasteiger partial charge in [0.2, 0.25) is 11.8 Å². The number of hydrogen-bond acceptors (Lipinski definition) is 3. The summed E-state index contributed by atoms with van der Waals surface area (Å²) in [5.74, 6) is -0.353. The zero-order valence-corrected chi connectivity index (χ0v) is 10.1. The molecule has 1 aliphatic rings. The van der Waals surface area contributed by atoms with Crippen LogP contribution in [-0.2, 0) is 9.59 Å². The number of nitrogens with two attached hydrogens (primary N) is 1. The second kappa shape index (κ2) is 3.87. The van der Waals surface area contributed by atoms with Gasteiger partial charge in [-0.3, -0.25) is 9.59 Å². The molecule has 90 valence electrons. The van der Waals surface area contributed by atoms with E-state index in [1.54, 1.807) is 24.3 Å². The van der Waals surface area contributed by atoms with E-state index < -0.39 is 0 Å². The predicted molar refractivity (Wildman–Crippen MR) is 66.4 cm³/mol. The van der Waals surface area contributed by atoms with Gasteiger partial charge in [0.15, 0.2) is 0 Å². The number of hydrogen-bond donors (Lipinski definition) is 1. The molecule has 0 aromatic heterocycles. The Morgan fingerprint density at radius 1 is 1.12 bits per heavy atom. The van der Waals surface area contributed by atoms with E-state index in [9.17, 15) is 9.59 Å². The highest BCUT2D eigenvalue weighted by Crippen LogP contribution is 2.35. The number of anilines is 2. The summed E-state index contributed by atoms with van der Waals surface area (Å²) in [7, 11) is 0. The second-order valence-corrected chi connectivity index (χ2v) is 5.20. The Morgan fingerprint density at radius 3 is 2.18 bits per heavy atom. The number of carbonyl (C=O) groups is 2. The average molecular weight is 232 g/mol. The number of carbonyl (C=O) groups excluding carboxylic acids is 2. The first kappa shape index (κ1) is 11.6. The summed E-state index contributed by atoms with van der Waals surface area (Å²) < 4.78 is 0. The molecular weight excluding hydrogens is 216 g/mol. The van der Waals surface area contributed by atoms with Gasteiger partial charge in [-0.25, -0.2) is 4.90 Å². The number of para-hydroxylation sites is 2. The SMILES string of the molecule is CC1(C)CC(=O)N(c2ccccc2N)C(=O)C1. The van der Waals surface area contributed by atoms with Gasteiger partial charge in [-0.15, -0.1) is 0 Å². The van der Waals surface area contributed by atoms with Gasteiger partial charge < -0.3 is 5.73 Å². The first-order chi connectivity index (χ1) is 7.91. The van der Waals surface area contributed by atoms with Gasteiger partial charge in [0, 0.05) is 12.8 Å². The number of benzene rings is 1. The summed E-state index contributed by atoms with van der Waals surface area (Å²) in [6.45, 7) is 3.85. The van der Waals surface area contributed by atoms with Crippen LogP contribution in [0.4, 0.5) is 11.4 Å². The Kier molecular flexibility index (Phi) is 2.65. The van der Waals surface area contributed by atoms with E-state index in [2.05, 4.69) is 0 Å². The highest BCUT2D eigenvalue weighted by atomic mass is 16.2. The Hall–Kier alpha value is -1.84. The topological polar surface area (TPSA) is 63.4 Å². The first-order valence-electron chi connectivity index (χ1n) is 5.61. The minimum Gasteiger partial charge on any atom is -0.397 e. The van der Waals surface area contributed by atoms with Crippen molar-refractivity contribution in [3.63, 3.8) is 0 Å². The zero-order valence-electron chi connectivity index (χ0n) is 10.1. The standard InChI is InChI=1S/C13H16N2O2/c1-13(2)7-11(16)15(12(17)8-13)10-6-4-3-5-9(10)14/h3-6H,7-8,14H2,1-2H3. The summed E-state index contributed by atoms with van der Waals surface area (Å²) >= 11 is 0.